The van der Waals surface area contributed by atoms with Gasteiger partial charge in [-0.2, -0.15) is 0 Å². The van der Waals surface area contributed by atoms with Crippen LogP contribution in [0.15, 0.2) is 18.2 Å². The van der Waals surface area contributed by atoms with Gasteiger partial charge in [0.2, 0.25) is 0 Å². The molecule has 1 saturated carbocycles. The number of hydrogen-bond acceptors (Lipinski definition) is 1. The molecule has 5 heteroatoms. The van der Waals surface area contributed by atoms with Gasteiger partial charge in [-0.15, -0.1) is 0 Å². The van der Waals surface area contributed by atoms with E-state index >= 15 is 0 Å². The fraction of sp³-hybridized carbons (Fsp3) is 0.588. The molecule has 1 aliphatic rings. The first-order valence-corrected chi connectivity index (χ1v) is 8.38. The number of carbonyl (C=O) groups is 1. The zero-order valence-electron chi connectivity index (χ0n) is 13.3. The van der Waals surface area contributed by atoms with E-state index in [0.717, 1.165) is 11.3 Å². The molecule has 0 aromatic heterocycles. The summed E-state index contributed by atoms with van der Waals surface area (Å²) >= 11 is 6.03. The minimum Gasteiger partial charge on any atom is -0.348 e. The second-order valence-corrected chi connectivity index (χ2v) is 6.85. The lowest BCUT2D eigenvalue weighted by molar-refractivity contribution is -0.885. The van der Waals surface area contributed by atoms with Crippen molar-refractivity contribution in [3.05, 3.63) is 34.6 Å². The smallest absolute Gasteiger partial charge is 0.275 e. The molecule has 0 aliphatic heterocycles. The van der Waals surface area contributed by atoms with Crippen LogP contribution in [-0.4, -0.2) is 25.5 Å². The summed E-state index contributed by atoms with van der Waals surface area (Å²) in [7, 11) is 1.88. The number of likely N-dealkylation sites (N-methyl/N-ethyl adjacent to an activating group) is 1. The average Bonchev–Trinajstić information content (AvgIpc) is 2.45. The van der Waals surface area contributed by atoms with Gasteiger partial charge in [0.1, 0.15) is 12.4 Å². The van der Waals surface area contributed by atoms with Crippen molar-refractivity contribution in [3.8, 4) is 0 Å². The van der Waals surface area contributed by atoms with Crippen LogP contribution in [0.25, 0.3) is 0 Å². The molecule has 1 amide bonds. The molecule has 122 valence electrons. The van der Waals surface area contributed by atoms with Crippen LogP contribution in [0, 0.1) is 11.7 Å². The van der Waals surface area contributed by atoms with Gasteiger partial charge in [0.15, 0.2) is 6.54 Å². The van der Waals surface area contributed by atoms with E-state index in [2.05, 4.69) is 12.2 Å². The van der Waals surface area contributed by atoms with Crippen molar-refractivity contribution in [3.63, 3.8) is 0 Å². The van der Waals surface area contributed by atoms with Crippen molar-refractivity contribution < 1.29 is 14.1 Å². The SMILES string of the molecule is C[C@H]1CCCC[C@H]1NC(=O)C[NH+](C)Cc1c(F)cccc1Cl. The molecule has 2 N–H and O–H groups in total. The lowest BCUT2D eigenvalue weighted by Crippen LogP contribution is -3.09. The monoisotopic (exact) mass is 327 g/mol. The number of carbonyl (C=O) groups excluding carboxylic acids is 1. The van der Waals surface area contributed by atoms with E-state index in [4.69, 9.17) is 11.6 Å². The Kier molecular flexibility index (Phi) is 6.21. The summed E-state index contributed by atoms with van der Waals surface area (Å²) in [5.41, 5.74) is 0.473. The second-order valence-electron chi connectivity index (χ2n) is 6.45. The number of quaternary nitrogens is 1. The Morgan fingerprint density at radius 1 is 1.41 bits per heavy atom. The minimum atomic E-state index is -0.312. The van der Waals surface area contributed by atoms with Crippen molar-refractivity contribution in [2.24, 2.45) is 5.92 Å². The number of benzene rings is 1. The Balaban J connectivity index is 1.86. The molecule has 0 saturated heterocycles. The van der Waals surface area contributed by atoms with Crippen LogP contribution in [0.4, 0.5) is 4.39 Å². The third kappa shape index (κ3) is 4.68. The highest BCUT2D eigenvalue weighted by atomic mass is 35.5. The largest absolute Gasteiger partial charge is 0.348 e. The Labute approximate surface area is 136 Å². The quantitative estimate of drug-likeness (QED) is 0.854. The molecule has 1 fully saturated rings. The molecule has 2 rings (SSSR count). The number of hydrogen-bond donors (Lipinski definition) is 2. The molecule has 0 spiro atoms. The van der Waals surface area contributed by atoms with E-state index in [1.165, 1.54) is 25.3 Å². The molecular weight excluding hydrogens is 303 g/mol. The van der Waals surface area contributed by atoms with Crippen LogP contribution >= 0.6 is 11.6 Å². The van der Waals surface area contributed by atoms with E-state index in [1.807, 2.05) is 7.05 Å². The fourth-order valence-electron chi connectivity index (χ4n) is 3.13. The van der Waals surface area contributed by atoms with Crippen molar-refractivity contribution >= 4 is 17.5 Å². The minimum absolute atomic E-state index is 0.0312. The summed E-state index contributed by atoms with van der Waals surface area (Å²) in [6.45, 7) is 2.92. The maximum atomic E-state index is 13.8. The van der Waals surface area contributed by atoms with Gasteiger partial charge in [0.05, 0.1) is 17.6 Å². The number of amides is 1. The van der Waals surface area contributed by atoms with E-state index < -0.39 is 0 Å². The predicted molar refractivity (Wildman–Crippen MR) is 86.4 cm³/mol. The van der Waals surface area contributed by atoms with Crippen LogP contribution in [-0.2, 0) is 11.3 Å². The topological polar surface area (TPSA) is 33.5 Å². The van der Waals surface area contributed by atoms with Crippen molar-refractivity contribution in [1.82, 2.24) is 5.32 Å². The standard InChI is InChI=1S/C17H24ClFN2O/c1-12-6-3-4-9-16(12)20-17(22)11-21(2)10-13-14(18)7-5-8-15(13)19/h5,7-8,12,16H,3-4,6,9-11H2,1-2H3,(H,20,22)/p+1/t12-,16+/m0/s1. The molecule has 0 heterocycles. The van der Waals surface area contributed by atoms with E-state index in [9.17, 15) is 9.18 Å². The summed E-state index contributed by atoms with van der Waals surface area (Å²) in [5, 5.41) is 3.55. The molecule has 3 atom stereocenters. The maximum absolute atomic E-state index is 13.8. The summed E-state index contributed by atoms with van der Waals surface area (Å²) in [4.78, 5) is 13.1. The molecule has 1 aliphatic carbocycles. The molecule has 3 nitrogen and oxygen atoms in total. The van der Waals surface area contributed by atoms with Gasteiger partial charge in [-0.25, -0.2) is 4.39 Å². The summed E-state index contributed by atoms with van der Waals surface area (Å²) in [5.74, 6) is 0.260. The zero-order valence-corrected chi connectivity index (χ0v) is 14.0. The lowest BCUT2D eigenvalue weighted by Gasteiger charge is -2.29. The second kappa shape index (κ2) is 7.93. The third-order valence-electron chi connectivity index (χ3n) is 4.46. The normalized spacial score (nSPS) is 23.1. The fourth-order valence-corrected chi connectivity index (χ4v) is 3.36. The first-order valence-electron chi connectivity index (χ1n) is 8.01. The highest BCUT2D eigenvalue weighted by molar-refractivity contribution is 6.31. The van der Waals surface area contributed by atoms with Gasteiger partial charge in [-0.05, 0) is 30.9 Å². The molecule has 22 heavy (non-hydrogen) atoms. The summed E-state index contributed by atoms with van der Waals surface area (Å²) in [6, 6.07) is 4.95. The number of nitrogens with one attached hydrogen (secondary N) is 2. The number of rotatable bonds is 5. The Bertz CT molecular complexity index is 503. The van der Waals surface area contributed by atoms with Crippen molar-refractivity contribution in [2.45, 2.75) is 45.2 Å². The molecule has 0 bridgehead atoms. The molecule has 0 radical (unpaired) electrons. The van der Waals surface area contributed by atoms with Crippen molar-refractivity contribution in [1.29, 1.82) is 0 Å². The van der Waals surface area contributed by atoms with Crippen LogP contribution < -0.4 is 10.2 Å². The predicted octanol–water partition coefficient (Wildman–Crippen LogP) is 2.19. The van der Waals surface area contributed by atoms with Crippen molar-refractivity contribution in [2.75, 3.05) is 13.6 Å². The van der Waals surface area contributed by atoms with Gasteiger partial charge in [-0.3, -0.25) is 4.79 Å². The average molecular weight is 328 g/mol. The van der Waals surface area contributed by atoms with Gasteiger partial charge < -0.3 is 10.2 Å². The Morgan fingerprint density at radius 2 is 2.14 bits per heavy atom. The van der Waals surface area contributed by atoms with E-state index in [0.29, 0.717) is 29.6 Å². The van der Waals surface area contributed by atoms with Gasteiger partial charge >= 0.3 is 0 Å². The Hall–Kier alpha value is -1.13. The molecule has 1 aromatic rings. The third-order valence-corrected chi connectivity index (χ3v) is 4.81. The maximum Gasteiger partial charge on any atom is 0.275 e. The molecule has 1 aromatic carbocycles. The first-order chi connectivity index (χ1) is 10.5. The van der Waals surface area contributed by atoms with Gasteiger partial charge in [-0.1, -0.05) is 37.4 Å². The number of halogens is 2. The summed E-state index contributed by atoms with van der Waals surface area (Å²) in [6.07, 6.45) is 4.68. The first kappa shape index (κ1) is 17.2. The molecular formula is C17H25ClFN2O+. The highest BCUT2D eigenvalue weighted by Gasteiger charge is 2.24. The lowest BCUT2D eigenvalue weighted by atomic mass is 9.86. The van der Waals surface area contributed by atoms with E-state index in [-0.39, 0.29) is 17.8 Å². The van der Waals surface area contributed by atoms with Gasteiger partial charge in [0.25, 0.3) is 5.91 Å². The van der Waals surface area contributed by atoms with E-state index in [1.54, 1.807) is 12.1 Å². The van der Waals surface area contributed by atoms with Crippen LogP contribution in [0.1, 0.15) is 38.2 Å². The summed E-state index contributed by atoms with van der Waals surface area (Å²) < 4.78 is 13.8. The van der Waals surface area contributed by atoms with Crippen LogP contribution in [0.2, 0.25) is 5.02 Å². The highest BCUT2D eigenvalue weighted by Crippen LogP contribution is 2.23. The van der Waals surface area contributed by atoms with Crippen LogP contribution in [0.3, 0.4) is 0 Å². The Morgan fingerprint density at radius 3 is 2.82 bits per heavy atom. The van der Waals surface area contributed by atoms with Crippen LogP contribution in [0.5, 0.6) is 0 Å². The molecule has 1 unspecified atom stereocenters. The van der Waals surface area contributed by atoms with Gasteiger partial charge in [0, 0.05) is 6.04 Å². The zero-order chi connectivity index (χ0) is 16.1.